The van der Waals surface area contributed by atoms with Gasteiger partial charge in [-0.15, -0.1) is 0 Å². The molecule has 5 heteroatoms. The van der Waals surface area contributed by atoms with Crippen molar-refractivity contribution in [1.82, 2.24) is 16.0 Å². The molecule has 3 aliphatic rings. The fourth-order valence-corrected chi connectivity index (χ4v) is 2.76. The first-order chi connectivity index (χ1) is 9.50. The molecule has 0 saturated carbocycles. The molecule has 0 radical (unpaired) electrons. The standard InChI is InChI=1S/C6H12O.C4H10N2.C4H9NS/c1-2-4-6-7-5-3-1;1-2-6-4-3-5-1;1-3-6-4-2-5-1/h1-6H2;5-6H,1-4H2;5H,1-4H2. The lowest BCUT2D eigenvalue weighted by Gasteiger charge is -2.11. The van der Waals surface area contributed by atoms with E-state index in [1.807, 2.05) is 11.8 Å². The van der Waals surface area contributed by atoms with E-state index >= 15 is 0 Å². The van der Waals surface area contributed by atoms with Gasteiger partial charge in [0.15, 0.2) is 0 Å². The van der Waals surface area contributed by atoms with Crippen LogP contribution in [-0.2, 0) is 4.74 Å². The molecule has 4 nitrogen and oxygen atoms in total. The van der Waals surface area contributed by atoms with Crippen LogP contribution < -0.4 is 16.0 Å². The molecule has 19 heavy (non-hydrogen) atoms. The average molecular weight is 289 g/mol. The van der Waals surface area contributed by atoms with Crippen LogP contribution in [0.5, 0.6) is 0 Å². The van der Waals surface area contributed by atoms with Crippen LogP contribution in [0.25, 0.3) is 0 Å². The van der Waals surface area contributed by atoms with Crippen molar-refractivity contribution < 1.29 is 4.74 Å². The SMILES string of the molecule is C1CCCOCC1.C1CNCCN1.C1CSCCN1. The largest absolute Gasteiger partial charge is 0.381 e. The molecular weight excluding hydrogens is 258 g/mol. The number of thioether (sulfide) groups is 1. The van der Waals surface area contributed by atoms with Crippen LogP contribution in [0, 0.1) is 0 Å². The van der Waals surface area contributed by atoms with Crippen LogP contribution in [0.1, 0.15) is 25.7 Å². The second-order valence-corrected chi connectivity index (χ2v) is 6.11. The number of hydrogen-bond donors (Lipinski definition) is 3. The van der Waals surface area contributed by atoms with E-state index in [0.717, 1.165) is 39.4 Å². The molecule has 3 N–H and O–H groups in total. The lowest BCUT2D eigenvalue weighted by Crippen LogP contribution is -2.39. The zero-order valence-electron chi connectivity index (χ0n) is 12.2. The van der Waals surface area contributed by atoms with Gasteiger partial charge in [0.05, 0.1) is 0 Å². The van der Waals surface area contributed by atoms with Crippen molar-refractivity contribution in [2.75, 3.05) is 64.0 Å². The topological polar surface area (TPSA) is 45.3 Å². The third-order valence-corrected chi connectivity index (χ3v) is 4.12. The minimum atomic E-state index is 1.00. The second kappa shape index (κ2) is 14.6. The molecule has 0 aliphatic carbocycles. The summed E-state index contributed by atoms with van der Waals surface area (Å²) in [5, 5.41) is 9.71. The summed E-state index contributed by atoms with van der Waals surface area (Å²) in [6.45, 7) is 8.98. The summed E-state index contributed by atoms with van der Waals surface area (Å²) in [5.74, 6) is 2.61. The normalized spacial score (nSPS) is 24.0. The molecule has 0 amide bonds. The molecule has 3 rings (SSSR count). The Bertz CT molecular complexity index is 121. The monoisotopic (exact) mass is 289 g/mol. The van der Waals surface area contributed by atoms with E-state index in [-0.39, 0.29) is 0 Å². The quantitative estimate of drug-likeness (QED) is 0.623. The van der Waals surface area contributed by atoms with Crippen LogP contribution >= 0.6 is 11.8 Å². The van der Waals surface area contributed by atoms with Gasteiger partial charge in [0.2, 0.25) is 0 Å². The summed E-state index contributed by atoms with van der Waals surface area (Å²) in [6.07, 6.45) is 5.31. The molecule has 3 heterocycles. The minimum absolute atomic E-state index is 1.00. The van der Waals surface area contributed by atoms with Gasteiger partial charge in [-0.05, 0) is 12.8 Å². The third-order valence-electron chi connectivity index (χ3n) is 3.13. The van der Waals surface area contributed by atoms with E-state index in [4.69, 9.17) is 4.74 Å². The highest BCUT2D eigenvalue weighted by molar-refractivity contribution is 7.99. The first kappa shape index (κ1) is 17.2. The van der Waals surface area contributed by atoms with Crippen LogP contribution in [0.3, 0.4) is 0 Å². The van der Waals surface area contributed by atoms with Gasteiger partial charge in [0.25, 0.3) is 0 Å². The van der Waals surface area contributed by atoms with Crippen molar-refractivity contribution in [2.24, 2.45) is 0 Å². The molecule has 3 aliphatic heterocycles. The lowest BCUT2D eigenvalue weighted by molar-refractivity contribution is 0.144. The Kier molecular flexibility index (Phi) is 13.2. The second-order valence-electron chi connectivity index (χ2n) is 4.89. The van der Waals surface area contributed by atoms with E-state index in [2.05, 4.69) is 16.0 Å². The highest BCUT2D eigenvalue weighted by atomic mass is 32.2. The first-order valence-electron chi connectivity index (χ1n) is 7.78. The Morgan fingerprint density at radius 3 is 1.37 bits per heavy atom. The van der Waals surface area contributed by atoms with Gasteiger partial charge in [-0.1, -0.05) is 12.8 Å². The Balaban J connectivity index is 0.000000143. The number of nitrogens with one attached hydrogen (secondary N) is 3. The predicted octanol–water partition coefficient (Wildman–Crippen LogP) is 1.08. The summed E-state index contributed by atoms with van der Waals surface area (Å²) < 4.78 is 5.19. The fourth-order valence-electron chi connectivity index (χ4n) is 1.98. The predicted molar refractivity (Wildman–Crippen MR) is 85.2 cm³/mol. The van der Waals surface area contributed by atoms with Crippen LogP contribution in [0.4, 0.5) is 0 Å². The Labute approximate surface area is 122 Å². The summed E-state index contributed by atoms with van der Waals surface area (Å²) in [4.78, 5) is 0. The van der Waals surface area contributed by atoms with Gasteiger partial charge in [-0.3, -0.25) is 0 Å². The molecule has 0 aromatic rings. The number of ether oxygens (including phenoxy) is 1. The van der Waals surface area contributed by atoms with Crippen LogP contribution in [0.2, 0.25) is 0 Å². The van der Waals surface area contributed by atoms with E-state index in [1.165, 1.54) is 50.3 Å². The molecular formula is C14H31N3OS. The molecule has 0 aromatic heterocycles. The molecule has 3 fully saturated rings. The van der Waals surface area contributed by atoms with Crippen molar-refractivity contribution in [1.29, 1.82) is 0 Å². The maximum absolute atomic E-state index is 5.19. The van der Waals surface area contributed by atoms with Gasteiger partial charge >= 0.3 is 0 Å². The maximum atomic E-state index is 5.19. The molecule has 0 spiro atoms. The third kappa shape index (κ3) is 12.9. The van der Waals surface area contributed by atoms with Crippen molar-refractivity contribution in [3.05, 3.63) is 0 Å². The zero-order chi connectivity index (χ0) is 13.4. The highest BCUT2D eigenvalue weighted by Gasteiger charge is 1.95. The fraction of sp³-hybridized carbons (Fsp3) is 1.00. The van der Waals surface area contributed by atoms with Crippen molar-refractivity contribution >= 4 is 11.8 Å². The number of hydrogen-bond acceptors (Lipinski definition) is 5. The van der Waals surface area contributed by atoms with Gasteiger partial charge in [-0.2, -0.15) is 11.8 Å². The summed E-state index contributed by atoms with van der Waals surface area (Å²) in [5.41, 5.74) is 0. The van der Waals surface area contributed by atoms with Crippen molar-refractivity contribution in [3.8, 4) is 0 Å². The number of rotatable bonds is 0. The highest BCUT2D eigenvalue weighted by Crippen LogP contribution is 2.04. The molecule has 0 aromatic carbocycles. The van der Waals surface area contributed by atoms with Crippen LogP contribution in [-0.4, -0.2) is 64.0 Å². The maximum Gasteiger partial charge on any atom is 0.0466 e. The van der Waals surface area contributed by atoms with E-state index < -0.39 is 0 Å². The molecule has 0 atom stereocenters. The van der Waals surface area contributed by atoms with Crippen molar-refractivity contribution in [3.63, 3.8) is 0 Å². The average Bonchev–Trinajstić information content (AvgIpc) is 2.85. The van der Waals surface area contributed by atoms with E-state index in [0.29, 0.717) is 0 Å². The van der Waals surface area contributed by atoms with Gasteiger partial charge in [0.1, 0.15) is 0 Å². The molecule has 0 bridgehead atoms. The summed E-state index contributed by atoms with van der Waals surface area (Å²) >= 11 is 2.03. The lowest BCUT2D eigenvalue weighted by atomic mass is 10.2. The smallest absolute Gasteiger partial charge is 0.0466 e. The zero-order valence-corrected chi connectivity index (χ0v) is 13.0. The van der Waals surface area contributed by atoms with Crippen LogP contribution in [0.15, 0.2) is 0 Å². The van der Waals surface area contributed by atoms with E-state index in [1.54, 1.807) is 0 Å². The minimum Gasteiger partial charge on any atom is -0.381 e. The molecule has 114 valence electrons. The van der Waals surface area contributed by atoms with Gasteiger partial charge < -0.3 is 20.7 Å². The van der Waals surface area contributed by atoms with Gasteiger partial charge in [0, 0.05) is 64.0 Å². The Hall–Kier alpha value is 0.190. The molecule has 0 unspecified atom stereocenters. The Morgan fingerprint density at radius 1 is 0.579 bits per heavy atom. The van der Waals surface area contributed by atoms with Gasteiger partial charge in [-0.25, -0.2) is 0 Å². The van der Waals surface area contributed by atoms with Crippen molar-refractivity contribution in [2.45, 2.75) is 25.7 Å². The first-order valence-corrected chi connectivity index (χ1v) is 8.93. The molecule has 3 saturated heterocycles. The van der Waals surface area contributed by atoms with E-state index in [9.17, 15) is 0 Å². The number of piperazine rings is 1. The Morgan fingerprint density at radius 2 is 1.05 bits per heavy atom. The summed E-state index contributed by atoms with van der Waals surface area (Å²) in [7, 11) is 0. The summed E-state index contributed by atoms with van der Waals surface area (Å²) in [6, 6.07) is 0.